The lowest BCUT2D eigenvalue weighted by atomic mass is 10.4. The van der Waals surface area contributed by atoms with E-state index >= 15 is 0 Å². The Morgan fingerprint density at radius 1 is 0.870 bits per heavy atom. The summed E-state index contributed by atoms with van der Waals surface area (Å²) in [5.41, 5.74) is 0. The van der Waals surface area contributed by atoms with Crippen molar-refractivity contribution in [2.45, 2.75) is 17.7 Å². The number of hydrogen-bond donors (Lipinski definition) is 0. The van der Waals surface area contributed by atoms with Gasteiger partial charge in [0.1, 0.15) is 4.90 Å². The average Bonchev–Trinajstić information content (AvgIpc) is 3.19. The highest BCUT2D eigenvalue weighted by Gasteiger charge is 2.37. The zero-order valence-electron chi connectivity index (χ0n) is 13.0. The minimum Gasteiger partial charge on any atom is -0.274 e. The summed E-state index contributed by atoms with van der Waals surface area (Å²) in [4.78, 5) is 0.135. The van der Waals surface area contributed by atoms with Gasteiger partial charge in [0.05, 0.1) is 6.20 Å². The van der Waals surface area contributed by atoms with Crippen LogP contribution < -0.4 is 0 Å². The first-order chi connectivity index (χ1) is 10.8. The minimum atomic E-state index is -3.61. The normalized spacial score (nSPS) is 22.7. The molecule has 2 aliphatic heterocycles. The number of hydrogen-bond acceptors (Lipinski definition) is 5. The van der Waals surface area contributed by atoms with Crippen LogP contribution in [-0.2, 0) is 27.3 Å². The molecule has 1 aromatic rings. The van der Waals surface area contributed by atoms with Crippen LogP contribution in [0.2, 0.25) is 0 Å². The van der Waals surface area contributed by atoms with Crippen LogP contribution in [0.1, 0.15) is 12.8 Å². The number of rotatable bonds is 4. The number of sulfonamides is 1. The number of piperazine rings is 1. The van der Waals surface area contributed by atoms with Gasteiger partial charge < -0.3 is 0 Å². The molecule has 9 nitrogen and oxygen atoms in total. The maximum atomic E-state index is 12.5. The van der Waals surface area contributed by atoms with E-state index in [0.717, 1.165) is 12.8 Å². The van der Waals surface area contributed by atoms with Gasteiger partial charge in [0.2, 0.25) is 10.0 Å². The largest absolute Gasteiger partial charge is 0.282 e. The molecule has 0 bridgehead atoms. The third-order valence-corrected chi connectivity index (χ3v) is 8.12. The smallest absolute Gasteiger partial charge is 0.274 e. The standard InChI is InChI=1S/C12H21N5O4S2/c1-14-11-12(10-13-14)22(18,19)15-6-8-17(9-7-15)23(20,21)16-4-2-3-5-16/h10-11H,2-9H2,1H3. The number of aryl methyl sites for hydroxylation is 1. The van der Waals surface area contributed by atoms with Crippen molar-refractivity contribution >= 4 is 20.2 Å². The Morgan fingerprint density at radius 2 is 1.39 bits per heavy atom. The van der Waals surface area contributed by atoms with Crippen LogP contribution in [0.5, 0.6) is 0 Å². The Balaban J connectivity index is 1.69. The predicted molar refractivity (Wildman–Crippen MR) is 83.3 cm³/mol. The van der Waals surface area contributed by atoms with Crippen LogP contribution >= 0.6 is 0 Å². The molecule has 1 aromatic heterocycles. The van der Waals surface area contributed by atoms with Crippen LogP contribution in [0, 0.1) is 0 Å². The highest BCUT2D eigenvalue weighted by Crippen LogP contribution is 2.21. The summed E-state index contributed by atoms with van der Waals surface area (Å²) in [7, 11) is -5.42. The van der Waals surface area contributed by atoms with Gasteiger partial charge in [-0.1, -0.05) is 0 Å². The molecule has 3 heterocycles. The van der Waals surface area contributed by atoms with Crippen LogP contribution in [-0.4, -0.2) is 78.8 Å². The summed E-state index contributed by atoms with van der Waals surface area (Å²) < 4.78 is 55.6. The molecule has 0 atom stereocenters. The second-order valence-electron chi connectivity index (χ2n) is 5.77. The molecule has 0 aliphatic carbocycles. The Labute approximate surface area is 136 Å². The van der Waals surface area contributed by atoms with Gasteiger partial charge in [-0.25, -0.2) is 8.42 Å². The average molecular weight is 363 g/mol. The van der Waals surface area contributed by atoms with E-state index in [1.165, 1.54) is 30.0 Å². The molecule has 0 saturated carbocycles. The summed E-state index contributed by atoms with van der Waals surface area (Å²) in [5, 5.41) is 3.88. The fraction of sp³-hybridized carbons (Fsp3) is 0.750. The number of nitrogens with zero attached hydrogens (tertiary/aromatic N) is 5. The molecule has 11 heteroatoms. The van der Waals surface area contributed by atoms with Crippen LogP contribution in [0.3, 0.4) is 0 Å². The van der Waals surface area contributed by atoms with Crippen molar-refractivity contribution in [2.24, 2.45) is 7.05 Å². The molecular formula is C12H21N5O4S2. The lowest BCUT2D eigenvalue weighted by molar-refractivity contribution is 0.259. The van der Waals surface area contributed by atoms with Crippen LogP contribution in [0.15, 0.2) is 17.3 Å². The van der Waals surface area contributed by atoms with E-state index < -0.39 is 20.2 Å². The van der Waals surface area contributed by atoms with Crippen molar-refractivity contribution in [1.82, 2.24) is 22.7 Å². The lowest BCUT2D eigenvalue weighted by Crippen LogP contribution is -2.53. The first-order valence-corrected chi connectivity index (χ1v) is 10.4. The summed E-state index contributed by atoms with van der Waals surface area (Å²) in [6, 6.07) is 0. The summed E-state index contributed by atoms with van der Waals surface area (Å²) in [6.45, 7) is 1.78. The Bertz CT molecular complexity index is 759. The van der Waals surface area contributed by atoms with Crippen molar-refractivity contribution in [1.29, 1.82) is 0 Å². The van der Waals surface area contributed by atoms with Crippen LogP contribution in [0.4, 0.5) is 0 Å². The fourth-order valence-corrected chi connectivity index (χ4v) is 5.98. The molecule has 0 amide bonds. The molecule has 23 heavy (non-hydrogen) atoms. The molecule has 2 saturated heterocycles. The summed E-state index contributed by atoms with van der Waals surface area (Å²) in [6.07, 6.45) is 4.52. The molecule has 2 aliphatic rings. The molecule has 0 spiro atoms. The molecule has 3 rings (SSSR count). The van der Waals surface area contributed by atoms with Gasteiger partial charge in [-0.2, -0.15) is 26.4 Å². The molecule has 0 aromatic carbocycles. The summed E-state index contributed by atoms with van der Waals surface area (Å²) >= 11 is 0. The van der Waals surface area contributed by atoms with Gasteiger partial charge in [-0.15, -0.1) is 0 Å². The first-order valence-electron chi connectivity index (χ1n) is 7.56. The van der Waals surface area contributed by atoms with Crippen molar-refractivity contribution in [3.63, 3.8) is 0 Å². The van der Waals surface area contributed by atoms with E-state index in [4.69, 9.17) is 0 Å². The maximum Gasteiger partial charge on any atom is 0.282 e. The van der Waals surface area contributed by atoms with Gasteiger partial charge in [0, 0.05) is 52.5 Å². The highest BCUT2D eigenvalue weighted by atomic mass is 32.2. The minimum absolute atomic E-state index is 0.135. The Morgan fingerprint density at radius 3 is 1.91 bits per heavy atom. The third-order valence-electron chi connectivity index (χ3n) is 4.23. The van der Waals surface area contributed by atoms with Gasteiger partial charge in [0.15, 0.2) is 0 Å². The monoisotopic (exact) mass is 363 g/mol. The highest BCUT2D eigenvalue weighted by molar-refractivity contribution is 7.89. The van der Waals surface area contributed by atoms with E-state index in [1.54, 1.807) is 7.05 Å². The quantitative estimate of drug-likeness (QED) is 0.688. The molecule has 0 radical (unpaired) electrons. The Hall–Kier alpha value is -1.01. The van der Waals surface area contributed by atoms with Crippen LogP contribution in [0.25, 0.3) is 0 Å². The van der Waals surface area contributed by atoms with E-state index in [9.17, 15) is 16.8 Å². The maximum absolute atomic E-state index is 12.5. The van der Waals surface area contributed by atoms with Crippen molar-refractivity contribution in [3.05, 3.63) is 12.4 Å². The van der Waals surface area contributed by atoms with Gasteiger partial charge in [-0.3, -0.25) is 4.68 Å². The van der Waals surface area contributed by atoms with Crippen molar-refractivity contribution in [3.8, 4) is 0 Å². The van der Waals surface area contributed by atoms with E-state index in [1.807, 2.05) is 0 Å². The molecule has 0 N–H and O–H groups in total. The van der Waals surface area contributed by atoms with Gasteiger partial charge in [-0.05, 0) is 12.8 Å². The van der Waals surface area contributed by atoms with E-state index in [0.29, 0.717) is 13.1 Å². The third kappa shape index (κ3) is 3.15. The van der Waals surface area contributed by atoms with Gasteiger partial charge in [0.25, 0.3) is 10.2 Å². The Kier molecular flexibility index (Phi) is 4.49. The second-order valence-corrected chi connectivity index (χ2v) is 9.63. The predicted octanol–water partition coefficient (Wildman–Crippen LogP) is -0.933. The van der Waals surface area contributed by atoms with Crippen molar-refractivity contribution in [2.75, 3.05) is 39.3 Å². The molecule has 130 valence electrons. The number of aromatic nitrogens is 2. The fourth-order valence-electron chi connectivity index (χ4n) is 2.90. The SMILES string of the molecule is Cn1cc(S(=O)(=O)N2CCN(S(=O)(=O)N3CCCC3)CC2)cn1. The van der Waals surface area contributed by atoms with E-state index in [-0.39, 0.29) is 31.1 Å². The van der Waals surface area contributed by atoms with Gasteiger partial charge >= 0.3 is 0 Å². The molecule has 0 unspecified atom stereocenters. The summed E-state index contributed by atoms with van der Waals surface area (Å²) in [5.74, 6) is 0. The first kappa shape index (κ1) is 16.8. The molecular weight excluding hydrogens is 342 g/mol. The zero-order chi connectivity index (χ0) is 16.7. The topological polar surface area (TPSA) is 95.8 Å². The zero-order valence-corrected chi connectivity index (χ0v) is 14.6. The second kappa shape index (κ2) is 6.13. The lowest BCUT2D eigenvalue weighted by Gasteiger charge is -2.34. The van der Waals surface area contributed by atoms with E-state index in [2.05, 4.69) is 5.10 Å². The molecule has 2 fully saturated rings. The van der Waals surface area contributed by atoms with Crippen molar-refractivity contribution < 1.29 is 16.8 Å².